The maximum Gasteiger partial charge on any atom is 0.277 e. The molecule has 1 atom stereocenters. The molecule has 26 heavy (non-hydrogen) atoms. The summed E-state index contributed by atoms with van der Waals surface area (Å²) in [6.07, 6.45) is 7.23. The Morgan fingerprint density at radius 3 is 2.46 bits per heavy atom. The average Bonchev–Trinajstić information content (AvgIpc) is 2.60. The van der Waals surface area contributed by atoms with E-state index in [9.17, 15) is 9.59 Å². The molecule has 2 aliphatic rings. The monoisotopic (exact) mass is 350 g/mol. The Morgan fingerprint density at radius 1 is 1.15 bits per heavy atom. The molecule has 0 radical (unpaired) electrons. The number of allylic oxidation sites excluding steroid dienone is 3. The van der Waals surface area contributed by atoms with Crippen LogP contribution < -0.4 is 10.1 Å². The number of nitrogens with one attached hydrogen (secondary N) is 1. The number of methoxy groups -OCH3 is 1. The summed E-state index contributed by atoms with van der Waals surface area (Å²) in [6, 6.07) is 6.80. The molecule has 1 unspecified atom stereocenters. The quantitative estimate of drug-likeness (QED) is 0.888. The SMILES string of the molecule is COc1ccc(C(=O)N=C2C=CC3C(=C2)NC(=O)C=C3C(C)(C)C)cc1. The second-order valence-electron chi connectivity index (χ2n) is 7.35. The highest BCUT2D eigenvalue weighted by Crippen LogP contribution is 2.38. The van der Waals surface area contributed by atoms with Crippen molar-refractivity contribution in [1.29, 1.82) is 0 Å². The van der Waals surface area contributed by atoms with Gasteiger partial charge in [-0.05, 0) is 47.4 Å². The van der Waals surface area contributed by atoms with E-state index in [1.807, 2.05) is 12.2 Å². The van der Waals surface area contributed by atoms with Crippen LogP contribution >= 0.6 is 0 Å². The molecule has 1 aliphatic carbocycles. The molecule has 0 aromatic heterocycles. The van der Waals surface area contributed by atoms with E-state index in [1.165, 1.54) is 0 Å². The maximum absolute atomic E-state index is 12.4. The van der Waals surface area contributed by atoms with E-state index in [-0.39, 0.29) is 23.1 Å². The predicted molar refractivity (Wildman–Crippen MR) is 101 cm³/mol. The largest absolute Gasteiger partial charge is 0.497 e. The van der Waals surface area contributed by atoms with Crippen molar-refractivity contribution in [2.45, 2.75) is 20.8 Å². The lowest BCUT2D eigenvalue weighted by molar-refractivity contribution is -0.116. The summed E-state index contributed by atoms with van der Waals surface area (Å²) >= 11 is 0. The minimum atomic E-state index is -0.337. The summed E-state index contributed by atoms with van der Waals surface area (Å²) in [5.41, 5.74) is 2.68. The molecule has 1 aliphatic heterocycles. The second-order valence-corrected chi connectivity index (χ2v) is 7.35. The zero-order valence-electron chi connectivity index (χ0n) is 15.4. The van der Waals surface area contributed by atoms with Gasteiger partial charge < -0.3 is 10.1 Å². The van der Waals surface area contributed by atoms with Crippen molar-refractivity contribution in [2.24, 2.45) is 16.3 Å². The molecule has 1 aromatic rings. The molecular formula is C21H22N2O3. The lowest BCUT2D eigenvalue weighted by Crippen LogP contribution is -2.36. The number of fused-ring (bicyclic) bond motifs is 1. The molecule has 1 heterocycles. The highest BCUT2D eigenvalue weighted by Gasteiger charge is 2.32. The Labute approximate surface area is 153 Å². The Morgan fingerprint density at radius 2 is 1.85 bits per heavy atom. The van der Waals surface area contributed by atoms with Gasteiger partial charge in [-0.15, -0.1) is 0 Å². The fourth-order valence-electron chi connectivity index (χ4n) is 3.06. The summed E-state index contributed by atoms with van der Waals surface area (Å²) in [7, 11) is 1.57. The van der Waals surface area contributed by atoms with Crippen molar-refractivity contribution in [2.75, 3.05) is 7.11 Å². The Bertz CT molecular complexity index is 866. The summed E-state index contributed by atoms with van der Waals surface area (Å²) in [4.78, 5) is 28.6. The molecule has 134 valence electrons. The van der Waals surface area contributed by atoms with Crippen molar-refractivity contribution in [3.8, 4) is 5.75 Å². The molecule has 0 saturated heterocycles. The minimum absolute atomic E-state index is 0.00254. The van der Waals surface area contributed by atoms with Gasteiger partial charge in [-0.2, -0.15) is 0 Å². The van der Waals surface area contributed by atoms with E-state index in [2.05, 4.69) is 31.1 Å². The van der Waals surface area contributed by atoms with Crippen molar-refractivity contribution in [3.63, 3.8) is 0 Å². The first-order chi connectivity index (χ1) is 12.3. The first kappa shape index (κ1) is 17.9. The Hall–Kier alpha value is -2.95. The van der Waals surface area contributed by atoms with Crippen molar-refractivity contribution < 1.29 is 14.3 Å². The van der Waals surface area contributed by atoms with Crippen molar-refractivity contribution >= 4 is 17.5 Å². The lowest BCUT2D eigenvalue weighted by Gasteiger charge is -2.34. The third-order valence-corrected chi connectivity index (χ3v) is 4.42. The zero-order valence-corrected chi connectivity index (χ0v) is 15.4. The fourth-order valence-corrected chi connectivity index (χ4v) is 3.06. The van der Waals surface area contributed by atoms with E-state index in [1.54, 1.807) is 43.5 Å². The van der Waals surface area contributed by atoms with Gasteiger partial charge in [0.25, 0.3) is 5.91 Å². The van der Waals surface area contributed by atoms with Crippen LogP contribution in [0.25, 0.3) is 0 Å². The number of carbonyl (C=O) groups excluding carboxylic acids is 2. The predicted octanol–water partition coefficient (Wildman–Crippen LogP) is 3.45. The number of nitrogens with zero attached hydrogens (tertiary/aromatic N) is 1. The molecule has 1 N–H and O–H groups in total. The van der Waals surface area contributed by atoms with Crippen LogP contribution in [0.15, 0.2) is 64.8 Å². The van der Waals surface area contributed by atoms with Gasteiger partial charge in [-0.1, -0.05) is 26.8 Å². The molecule has 5 nitrogen and oxygen atoms in total. The van der Waals surface area contributed by atoms with Crippen LogP contribution in [0.3, 0.4) is 0 Å². The number of hydrogen-bond acceptors (Lipinski definition) is 3. The number of carbonyl (C=O) groups is 2. The first-order valence-electron chi connectivity index (χ1n) is 8.48. The Balaban J connectivity index is 1.86. The van der Waals surface area contributed by atoms with Gasteiger partial charge in [-0.3, -0.25) is 9.59 Å². The van der Waals surface area contributed by atoms with Crippen LogP contribution in [0.1, 0.15) is 31.1 Å². The number of benzene rings is 1. The molecule has 5 heteroatoms. The molecule has 0 fully saturated rings. The number of aliphatic imine (C=N–C) groups is 1. The van der Waals surface area contributed by atoms with Gasteiger partial charge in [0.15, 0.2) is 0 Å². The van der Waals surface area contributed by atoms with Crippen LogP contribution in [0.2, 0.25) is 0 Å². The van der Waals surface area contributed by atoms with E-state index in [0.717, 1.165) is 11.3 Å². The van der Waals surface area contributed by atoms with Gasteiger partial charge in [-0.25, -0.2) is 4.99 Å². The smallest absolute Gasteiger partial charge is 0.277 e. The summed E-state index contributed by atoms with van der Waals surface area (Å²) in [6.45, 7) is 6.25. The number of amides is 2. The van der Waals surface area contributed by atoms with Gasteiger partial charge >= 0.3 is 0 Å². The highest BCUT2D eigenvalue weighted by molar-refractivity contribution is 6.14. The molecule has 0 saturated carbocycles. The van der Waals surface area contributed by atoms with Crippen LogP contribution in [-0.4, -0.2) is 24.6 Å². The normalized spacial score (nSPS) is 20.8. The fraction of sp³-hybridized carbons (Fsp3) is 0.286. The van der Waals surface area contributed by atoms with Gasteiger partial charge in [0, 0.05) is 23.3 Å². The number of rotatable bonds is 2. The lowest BCUT2D eigenvalue weighted by atomic mass is 9.74. The first-order valence-corrected chi connectivity index (χ1v) is 8.48. The standard InChI is InChI=1S/C21H22N2O3/c1-21(2,3)17-12-19(24)23-18-11-14(7-10-16(17)18)22-20(25)13-5-8-15(26-4)9-6-13/h5-12,16H,1-4H3,(H,23,24). The molecule has 2 amide bonds. The number of ether oxygens (including phenoxy) is 1. The zero-order chi connectivity index (χ0) is 18.9. The van der Waals surface area contributed by atoms with Gasteiger partial charge in [0.1, 0.15) is 5.75 Å². The molecule has 1 aromatic carbocycles. The molecule has 0 spiro atoms. The highest BCUT2D eigenvalue weighted by atomic mass is 16.5. The third kappa shape index (κ3) is 3.67. The molecular weight excluding hydrogens is 328 g/mol. The van der Waals surface area contributed by atoms with Crippen LogP contribution in [0, 0.1) is 11.3 Å². The summed E-state index contributed by atoms with van der Waals surface area (Å²) in [5, 5.41) is 2.86. The second kappa shape index (κ2) is 6.75. The van der Waals surface area contributed by atoms with Crippen molar-refractivity contribution in [1.82, 2.24) is 5.32 Å². The van der Waals surface area contributed by atoms with Gasteiger partial charge in [0.2, 0.25) is 5.91 Å². The van der Waals surface area contributed by atoms with E-state index < -0.39 is 0 Å². The van der Waals surface area contributed by atoms with E-state index in [0.29, 0.717) is 17.0 Å². The Kier molecular flexibility index (Phi) is 4.64. The maximum atomic E-state index is 12.4. The summed E-state index contributed by atoms with van der Waals surface area (Å²) < 4.78 is 5.09. The van der Waals surface area contributed by atoms with Crippen LogP contribution in [-0.2, 0) is 4.79 Å². The van der Waals surface area contributed by atoms with E-state index >= 15 is 0 Å². The van der Waals surface area contributed by atoms with E-state index in [4.69, 9.17) is 4.74 Å². The minimum Gasteiger partial charge on any atom is -0.497 e. The molecule has 0 bridgehead atoms. The van der Waals surface area contributed by atoms with Crippen molar-refractivity contribution in [3.05, 3.63) is 65.4 Å². The average molecular weight is 350 g/mol. The topological polar surface area (TPSA) is 67.8 Å². The summed E-state index contributed by atoms with van der Waals surface area (Å²) in [5.74, 6) is 0.204. The molecule has 3 rings (SSSR count). The number of hydrogen-bond donors (Lipinski definition) is 1. The third-order valence-electron chi connectivity index (χ3n) is 4.42. The van der Waals surface area contributed by atoms with Gasteiger partial charge in [0.05, 0.1) is 12.8 Å². The van der Waals surface area contributed by atoms with Crippen LogP contribution in [0.5, 0.6) is 5.75 Å². The van der Waals surface area contributed by atoms with Crippen LogP contribution in [0.4, 0.5) is 0 Å².